The Morgan fingerprint density at radius 3 is 2.17 bits per heavy atom. The molecule has 3 aromatic carbocycles. The molecule has 0 aliphatic heterocycles. The second-order valence-electron chi connectivity index (χ2n) is 9.82. The monoisotopic (exact) mass is 637 g/mol. The first-order chi connectivity index (χ1) is 19.4. The van der Waals surface area contributed by atoms with Crippen molar-refractivity contribution < 1.29 is 18.0 Å². The second-order valence-corrected chi connectivity index (χ2v) is 12.9. The first-order valence-corrected chi connectivity index (χ1v) is 15.8. The molecular formula is C30H34Cl3N3O4S. The quantitative estimate of drug-likeness (QED) is 0.235. The molecule has 0 heterocycles. The minimum Gasteiger partial charge on any atom is -0.352 e. The van der Waals surface area contributed by atoms with Gasteiger partial charge in [0, 0.05) is 17.6 Å². The van der Waals surface area contributed by atoms with Gasteiger partial charge in [0.1, 0.15) is 12.6 Å². The molecule has 0 aliphatic carbocycles. The highest BCUT2D eigenvalue weighted by atomic mass is 35.5. The van der Waals surface area contributed by atoms with Gasteiger partial charge in [-0.25, -0.2) is 8.42 Å². The number of sulfonamides is 1. The molecule has 41 heavy (non-hydrogen) atoms. The largest absolute Gasteiger partial charge is 0.352 e. The molecule has 7 nitrogen and oxygen atoms in total. The summed E-state index contributed by atoms with van der Waals surface area (Å²) in [5, 5.41) is 4.00. The van der Waals surface area contributed by atoms with Crippen molar-refractivity contribution in [2.45, 2.75) is 64.1 Å². The van der Waals surface area contributed by atoms with E-state index in [1.807, 2.05) is 26.8 Å². The molecule has 11 heteroatoms. The number of nitrogens with one attached hydrogen (secondary N) is 1. The van der Waals surface area contributed by atoms with Gasteiger partial charge in [0.2, 0.25) is 11.8 Å². The summed E-state index contributed by atoms with van der Waals surface area (Å²) in [6.45, 7) is 6.95. The van der Waals surface area contributed by atoms with Gasteiger partial charge in [0.15, 0.2) is 0 Å². The Kier molecular flexibility index (Phi) is 11.5. The fraction of sp³-hybridized carbons (Fsp3) is 0.333. The molecule has 0 bridgehead atoms. The maximum absolute atomic E-state index is 14.1. The minimum atomic E-state index is -4.19. The van der Waals surface area contributed by atoms with Crippen LogP contribution in [0.2, 0.25) is 15.1 Å². The molecule has 0 aliphatic rings. The van der Waals surface area contributed by atoms with Crippen LogP contribution in [0.4, 0.5) is 5.69 Å². The number of carbonyl (C=O) groups excluding carboxylic acids is 2. The Balaban J connectivity index is 2.08. The van der Waals surface area contributed by atoms with E-state index in [1.165, 1.54) is 29.2 Å². The average molecular weight is 639 g/mol. The average Bonchev–Trinajstić information content (AvgIpc) is 2.93. The number of nitrogens with zero attached hydrogens (tertiary/aromatic N) is 2. The maximum Gasteiger partial charge on any atom is 0.264 e. The lowest BCUT2D eigenvalue weighted by Crippen LogP contribution is -2.53. The number of benzene rings is 3. The van der Waals surface area contributed by atoms with Crippen molar-refractivity contribution in [3.05, 3.63) is 92.9 Å². The van der Waals surface area contributed by atoms with E-state index in [0.717, 1.165) is 9.87 Å². The summed E-state index contributed by atoms with van der Waals surface area (Å²) in [6.07, 6.45) is 1.02. The van der Waals surface area contributed by atoms with Crippen LogP contribution in [0.1, 0.15) is 44.7 Å². The van der Waals surface area contributed by atoms with E-state index >= 15 is 0 Å². The van der Waals surface area contributed by atoms with Crippen molar-refractivity contribution >= 4 is 62.3 Å². The molecule has 0 fully saturated rings. The lowest BCUT2D eigenvalue weighted by molar-refractivity contribution is -0.140. The molecule has 3 rings (SSSR count). The number of rotatable bonds is 12. The lowest BCUT2D eigenvalue weighted by atomic mass is 10.1. The number of hydrogen-bond donors (Lipinski definition) is 1. The summed E-state index contributed by atoms with van der Waals surface area (Å²) >= 11 is 18.4. The number of halogens is 3. The van der Waals surface area contributed by atoms with E-state index in [-0.39, 0.29) is 23.4 Å². The standard InChI is InChI=1S/C30H34Cl3N3O4S/c1-5-21(4)34-30(38)28(6-2)35(18-22-10-15-26(32)27(33)17-22)29(37)19-36(24-9-7-8-20(3)16-24)41(39,40)25-13-11-23(31)12-14-25/h7-17,21,28H,5-6,18-19H2,1-4H3,(H,34,38)/t21-,28+/m0/s1. The smallest absolute Gasteiger partial charge is 0.264 e. The number of amides is 2. The maximum atomic E-state index is 14.1. The summed E-state index contributed by atoms with van der Waals surface area (Å²) in [6, 6.07) is 16.6. The van der Waals surface area contributed by atoms with Crippen LogP contribution < -0.4 is 9.62 Å². The van der Waals surface area contributed by atoms with E-state index < -0.39 is 28.5 Å². The van der Waals surface area contributed by atoms with Crippen LogP contribution in [0, 0.1) is 6.92 Å². The summed E-state index contributed by atoms with van der Waals surface area (Å²) in [5.74, 6) is -0.876. The van der Waals surface area contributed by atoms with E-state index in [4.69, 9.17) is 34.8 Å². The summed E-state index contributed by atoms with van der Waals surface area (Å²) < 4.78 is 28.9. The van der Waals surface area contributed by atoms with Crippen molar-refractivity contribution in [2.75, 3.05) is 10.8 Å². The highest BCUT2D eigenvalue weighted by Gasteiger charge is 2.34. The zero-order valence-electron chi connectivity index (χ0n) is 23.4. The molecule has 2 amide bonds. The Bertz CT molecular complexity index is 1480. The van der Waals surface area contributed by atoms with E-state index in [1.54, 1.807) is 43.3 Å². The van der Waals surface area contributed by atoms with Gasteiger partial charge in [-0.1, -0.05) is 66.8 Å². The predicted octanol–water partition coefficient (Wildman–Crippen LogP) is 6.87. The third-order valence-corrected chi connectivity index (χ3v) is 9.47. The Hall–Kier alpha value is -2.78. The van der Waals surface area contributed by atoms with Gasteiger partial charge in [0.05, 0.1) is 20.6 Å². The van der Waals surface area contributed by atoms with Crippen molar-refractivity contribution in [3.63, 3.8) is 0 Å². The second kappa shape index (κ2) is 14.4. The number of anilines is 1. The summed E-state index contributed by atoms with van der Waals surface area (Å²) in [7, 11) is -4.19. The van der Waals surface area contributed by atoms with Gasteiger partial charge in [-0.05, 0) is 86.3 Å². The van der Waals surface area contributed by atoms with E-state index in [0.29, 0.717) is 39.2 Å². The van der Waals surface area contributed by atoms with E-state index in [2.05, 4.69) is 5.32 Å². The summed E-state index contributed by atoms with van der Waals surface area (Å²) in [4.78, 5) is 28.9. The van der Waals surface area contributed by atoms with Gasteiger partial charge < -0.3 is 10.2 Å². The normalized spacial score (nSPS) is 12.9. The van der Waals surface area contributed by atoms with Gasteiger partial charge in [0.25, 0.3) is 10.0 Å². The van der Waals surface area contributed by atoms with Crippen LogP contribution in [0.15, 0.2) is 71.6 Å². The zero-order chi connectivity index (χ0) is 30.3. The molecule has 0 saturated heterocycles. The van der Waals surface area contributed by atoms with Crippen molar-refractivity contribution in [1.82, 2.24) is 10.2 Å². The third kappa shape index (κ3) is 8.38. The Morgan fingerprint density at radius 1 is 0.902 bits per heavy atom. The van der Waals surface area contributed by atoms with Crippen LogP contribution in [0.25, 0.3) is 0 Å². The Morgan fingerprint density at radius 2 is 1.59 bits per heavy atom. The van der Waals surface area contributed by atoms with Crippen molar-refractivity contribution in [2.24, 2.45) is 0 Å². The number of aryl methyl sites for hydroxylation is 1. The highest BCUT2D eigenvalue weighted by Crippen LogP contribution is 2.28. The first-order valence-electron chi connectivity index (χ1n) is 13.3. The topological polar surface area (TPSA) is 86.8 Å². The first kappa shape index (κ1) is 32.7. The van der Waals surface area contributed by atoms with Crippen LogP contribution in [0.3, 0.4) is 0 Å². The molecule has 1 N–H and O–H groups in total. The highest BCUT2D eigenvalue weighted by molar-refractivity contribution is 7.92. The minimum absolute atomic E-state index is 0.0187. The number of carbonyl (C=O) groups is 2. The van der Waals surface area contributed by atoms with Gasteiger partial charge in [-0.3, -0.25) is 13.9 Å². The fourth-order valence-electron chi connectivity index (χ4n) is 4.24. The summed E-state index contributed by atoms with van der Waals surface area (Å²) in [5.41, 5.74) is 1.78. The Labute approximate surface area is 257 Å². The zero-order valence-corrected chi connectivity index (χ0v) is 26.5. The molecule has 220 valence electrons. The van der Waals surface area contributed by atoms with Gasteiger partial charge in [-0.15, -0.1) is 0 Å². The molecule has 0 spiro atoms. The molecular weight excluding hydrogens is 605 g/mol. The number of hydrogen-bond acceptors (Lipinski definition) is 4. The van der Waals surface area contributed by atoms with Crippen LogP contribution in [0.5, 0.6) is 0 Å². The molecule has 0 saturated carbocycles. The van der Waals surface area contributed by atoms with Crippen LogP contribution in [-0.2, 0) is 26.2 Å². The third-order valence-electron chi connectivity index (χ3n) is 6.69. The van der Waals surface area contributed by atoms with Gasteiger partial charge in [-0.2, -0.15) is 0 Å². The molecule has 0 aromatic heterocycles. The lowest BCUT2D eigenvalue weighted by Gasteiger charge is -2.34. The van der Waals surface area contributed by atoms with Gasteiger partial charge >= 0.3 is 0 Å². The molecule has 3 aromatic rings. The SMILES string of the molecule is CC[C@H](C(=O)N[C@@H](C)CC)N(Cc1ccc(Cl)c(Cl)c1)C(=O)CN(c1cccc(C)c1)S(=O)(=O)c1ccc(Cl)cc1. The van der Waals surface area contributed by atoms with Crippen molar-refractivity contribution in [1.29, 1.82) is 0 Å². The fourth-order valence-corrected chi connectivity index (χ4v) is 6.09. The van der Waals surface area contributed by atoms with Crippen LogP contribution >= 0.6 is 34.8 Å². The van der Waals surface area contributed by atoms with Crippen molar-refractivity contribution in [3.8, 4) is 0 Å². The van der Waals surface area contributed by atoms with Crippen LogP contribution in [-0.4, -0.2) is 43.8 Å². The van der Waals surface area contributed by atoms with E-state index in [9.17, 15) is 18.0 Å². The molecule has 2 atom stereocenters. The molecule has 0 radical (unpaired) electrons. The predicted molar refractivity (Wildman–Crippen MR) is 166 cm³/mol. The molecule has 0 unspecified atom stereocenters.